The Kier molecular flexibility index (Phi) is 4.25. The highest BCUT2D eigenvalue weighted by atomic mass is 16.1. The van der Waals surface area contributed by atoms with Crippen LogP contribution in [-0.4, -0.2) is 46.5 Å². The topological polar surface area (TPSA) is 58.1 Å². The summed E-state index contributed by atoms with van der Waals surface area (Å²) in [5.74, 6) is -0.145. The quantitative estimate of drug-likeness (QED) is 0.863. The Bertz CT molecular complexity index is 398. The molecule has 0 aromatic carbocycles. The van der Waals surface area contributed by atoms with Gasteiger partial charge in [-0.3, -0.25) is 14.7 Å². The fourth-order valence-corrected chi connectivity index (χ4v) is 2.15. The molecule has 1 aliphatic rings. The maximum absolute atomic E-state index is 11.8. The molecule has 0 spiro atoms. The molecule has 18 heavy (non-hydrogen) atoms. The van der Waals surface area contributed by atoms with Crippen LogP contribution in [0.15, 0.2) is 12.4 Å². The zero-order chi connectivity index (χ0) is 13.0. The lowest BCUT2D eigenvalue weighted by Gasteiger charge is -2.23. The SMILES string of the molecule is Cc1cnc(C(=O)NCC(C)N2CCCC2)cn1. The van der Waals surface area contributed by atoms with Crippen molar-refractivity contribution in [2.24, 2.45) is 0 Å². The number of nitrogens with zero attached hydrogens (tertiary/aromatic N) is 3. The van der Waals surface area contributed by atoms with Crippen molar-refractivity contribution in [1.82, 2.24) is 20.2 Å². The molecule has 1 aromatic rings. The minimum absolute atomic E-state index is 0.145. The van der Waals surface area contributed by atoms with Gasteiger partial charge in [-0.15, -0.1) is 0 Å². The van der Waals surface area contributed by atoms with Gasteiger partial charge in [0.05, 0.1) is 11.9 Å². The summed E-state index contributed by atoms with van der Waals surface area (Å²) in [7, 11) is 0. The molecule has 1 unspecified atom stereocenters. The van der Waals surface area contributed by atoms with Crippen LogP contribution in [0, 0.1) is 6.92 Å². The fraction of sp³-hybridized carbons (Fsp3) is 0.615. The average Bonchev–Trinajstić information content (AvgIpc) is 2.90. The first kappa shape index (κ1) is 13.0. The molecule has 1 saturated heterocycles. The van der Waals surface area contributed by atoms with Crippen molar-refractivity contribution in [2.75, 3.05) is 19.6 Å². The van der Waals surface area contributed by atoms with E-state index in [1.165, 1.54) is 19.0 Å². The second-order valence-electron chi connectivity index (χ2n) is 4.85. The van der Waals surface area contributed by atoms with Gasteiger partial charge in [-0.2, -0.15) is 0 Å². The molecule has 98 valence electrons. The summed E-state index contributed by atoms with van der Waals surface area (Å²) in [6, 6.07) is 0.384. The van der Waals surface area contributed by atoms with Crippen molar-refractivity contribution in [3.63, 3.8) is 0 Å². The Balaban J connectivity index is 1.82. The first-order chi connectivity index (χ1) is 8.66. The van der Waals surface area contributed by atoms with Crippen LogP contribution < -0.4 is 5.32 Å². The van der Waals surface area contributed by atoms with Crippen LogP contribution in [0.25, 0.3) is 0 Å². The average molecular weight is 248 g/mol. The molecule has 0 saturated carbocycles. The second kappa shape index (κ2) is 5.91. The maximum atomic E-state index is 11.8. The van der Waals surface area contributed by atoms with E-state index in [1.807, 2.05) is 6.92 Å². The van der Waals surface area contributed by atoms with Crippen LogP contribution in [0.5, 0.6) is 0 Å². The summed E-state index contributed by atoms with van der Waals surface area (Å²) < 4.78 is 0. The van der Waals surface area contributed by atoms with E-state index in [9.17, 15) is 4.79 Å². The molecule has 5 nitrogen and oxygen atoms in total. The Labute approximate surface area is 108 Å². The number of likely N-dealkylation sites (tertiary alicyclic amines) is 1. The number of aromatic nitrogens is 2. The predicted octanol–water partition coefficient (Wildman–Crippen LogP) is 0.999. The molecular formula is C13H20N4O. The molecule has 1 atom stereocenters. The van der Waals surface area contributed by atoms with Crippen molar-refractivity contribution in [2.45, 2.75) is 32.7 Å². The number of rotatable bonds is 4. The van der Waals surface area contributed by atoms with Crippen molar-refractivity contribution in [3.8, 4) is 0 Å². The molecule has 0 bridgehead atoms. The molecular weight excluding hydrogens is 228 g/mol. The van der Waals surface area contributed by atoms with Gasteiger partial charge in [-0.1, -0.05) is 0 Å². The summed E-state index contributed by atoms with van der Waals surface area (Å²) in [5, 5.41) is 2.91. The van der Waals surface area contributed by atoms with E-state index in [0.717, 1.165) is 18.8 Å². The van der Waals surface area contributed by atoms with Gasteiger partial charge in [0.1, 0.15) is 5.69 Å². The number of hydrogen-bond acceptors (Lipinski definition) is 4. The highest BCUT2D eigenvalue weighted by molar-refractivity contribution is 5.91. The Hall–Kier alpha value is -1.49. The van der Waals surface area contributed by atoms with E-state index in [2.05, 4.69) is 27.1 Å². The van der Waals surface area contributed by atoms with E-state index in [-0.39, 0.29) is 5.91 Å². The monoisotopic (exact) mass is 248 g/mol. The van der Waals surface area contributed by atoms with Crippen LogP contribution >= 0.6 is 0 Å². The van der Waals surface area contributed by atoms with E-state index < -0.39 is 0 Å². The molecule has 5 heteroatoms. The third-order valence-corrected chi connectivity index (χ3v) is 3.34. The van der Waals surface area contributed by atoms with Crippen LogP contribution in [0.1, 0.15) is 35.9 Å². The highest BCUT2D eigenvalue weighted by Crippen LogP contribution is 2.10. The molecule has 1 fully saturated rings. The number of amides is 1. The summed E-state index contributed by atoms with van der Waals surface area (Å²) in [6.07, 6.45) is 5.66. The van der Waals surface area contributed by atoms with Gasteiger partial charge < -0.3 is 5.32 Å². The van der Waals surface area contributed by atoms with Gasteiger partial charge in [-0.05, 0) is 39.8 Å². The van der Waals surface area contributed by atoms with Gasteiger partial charge in [-0.25, -0.2) is 4.98 Å². The minimum atomic E-state index is -0.145. The van der Waals surface area contributed by atoms with Crippen LogP contribution in [0.4, 0.5) is 0 Å². The first-order valence-corrected chi connectivity index (χ1v) is 6.47. The number of carbonyl (C=O) groups is 1. The molecule has 1 aliphatic heterocycles. The van der Waals surface area contributed by atoms with Crippen LogP contribution in [-0.2, 0) is 0 Å². The third-order valence-electron chi connectivity index (χ3n) is 3.34. The number of hydrogen-bond donors (Lipinski definition) is 1. The standard InChI is InChI=1S/C13H20N4O/c1-10-7-15-12(9-14-10)13(18)16-8-11(2)17-5-3-4-6-17/h7,9,11H,3-6,8H2,1-2H3,(H,16,18). The first-order valence-electron chi connectivity index (χ1n) is 6.47. The normalized spacial score (nSPS) is 17.7. The molecule has 1 aromatic heterocycles. The maximum Gasteiger partial charge on any atom is 0.271 e. The third kappa shape index (κ3) is 3.26. The summed E-state index contributed by atoms with van der Waals surface area (Å²) >= 11 is 0. The predicted molar refractivity (Wildman–Crippen MR) is 69.4 cm³/mol. The van der Waals surface area contributed by atoms with Gasteiger partial charge in [0.15, 0.2) is 0 Å². The largest absolute Gasteiger partial charge is 0.349 e. The summed E-state index contributed by atoms with van der Waals surface area (Å²) in [6.45, 7) is 6.94. The van der Waals surface area contributed by atoms with Gasteiger partial charge in [0, 0.05) is 18.8 Å². The van der Waals surface area contributed by atoms with Crippen molar-refractivity contribution >= 4 is 5.91 Å². The number of carbonyl (C=O) groups excluding carboxylic acids is 1. The van der Waals surface area contributed by atoms with Gasteiger partial charge >= 0.3 is 0 Å². The molecule has 0 aliphatic carbocycles. The van der Waals surface area contributed by atoms with Crippen LogP contribution in [0.3, 0.4) is 0 Å². The summed E-state index contributed by atoms with van der Waals surface area (Å²) in [5.41, 5.74) is 1.20. The molecule has 2 rings (SSSR count). The van der Waals surface area contributed by atoms with Gasteiger partial charge in [0.25, 0.3) is 5.91 Å². The van der Waals surface area contributed by atoms with Gasteiger partial charge in [0.2, 0.25) is 0 Å². The van der Waals surface area contributed by atoms with E-state index >= 15 is 0 Å². The smallest absolute Gasteiger partial charge is 0.271 e. The zero-order valence-corrected chi connectivity index (χ0v) is 11.0. The molecule has 0 radical (unpaired) electrons. The van der Waals surface area contributed by atoms with E-state index in [4.69, 9.17) is 0 Å². The fourth-order valence-electron chi connectivity index (χ4n) is 2.15. The Morgan fingerprint density at radius 1 is 1.39 bits per heavy atom. The minimum Gasteiger partial charge on any atom is -0.349 e. The number of aryl methyl sites for hydroxylation is 1. The zero-order valence-electron chi connectivity index (χ0n) is 11.0. The lowest BCUT2D eigenvalue weighted by molar-refractivity contribution is 0.0935. The Morgan fingerprint density at radius 2 is 2.11 bits per heavy atom. The lowest BCUT2D eigenvalue weighted by atomic mass is 10.3. The van der Waals surface area contributed by atoms with Crippen molar-refractivity contribution in [3.05, 3.63) is 23.8 Å². The van der Waals surface area contributed by atoms with Crippen molar-refractivity contribution in [1.29, 1.82) is 0 Å². The van der Waals surface area contributed by atoms with E-state index in [0.29, 0.717) is 18.3 Å². The molecule has 2 heterocycles. The van der Waals surface area contributed by atoms with E-state index in [1.54, 1.807) is 6.20 Å². The van der Waals surface area contributed by atoms with Crippen molar-refractivity contribution < 1.29 is 4.79 Å². The van der Waals surface area contributed by atoms with Crippen LogP contribution in [0.2, 0.25) is 0 Å². The number of nitrogens with one attached hydrogen (secondary N) is 1. The summed E-state index contributed by atoms with van der Waals surface area (Å²) in [4.78, 5) is 22.4. The molecule has 1 N–H and O–H groups in total. The second-order valence-corrected chi connectivity index (χ2v) is 4.85. The molecule has 1 amide bonds. The Morgan fingerprint density at radius 3 is 2.72 bits per heavy atom. The lowest BCUT2D eigenvalue weighted by Crippen LogP contribution is -2.40. The highest BCUT2D eigenvalue weighted by Gasteiger charge is 2.18.